The molecule has 128 valence electrons. The van der Waals surface area contributed by atoms with Crippen LogP contribution in [0.25, 0.3) is 0 Å². The summed E-state index contributed by atoms with van der Waals surface area (Å²) in [5, 5.41) is 4.54. The SMILES string of the molecule is C[C@H]([NH2+][C@@H](c1ccccc1)c1ccco1)C(=O)Nc1ccccc1F. The van der Waals surface area contributed by atoms with E-state index in [-0.39, 0.29) is 17.6 Å². The highest BCUT2D eigenvalue weighted by molar-refractivity contribution is 5.93. The highest BCUT2D eigenvalue weighted by Crippen LogP contribution is 2.19. The van der Waals surface area contributed by atoms with Gasteiger partial charge in [-0.1, -0.05) is 42.5 Å². The van der Waals surface area contributed by atoms with Gasteiger partial charge in [-0.05, 0) is 31.2 Å². The van der Waals surface area contributed by atoms with Crippen LogP contribution in [0.5, 0.6) is 0 Å². The number of furan rings is 1. The van der Waals surface area contributed by atoms with E-state index in [2.05, 4.69) is 5.32 Å². The van der Waals surface area contributed by atoms with Gasteiger partial charge in [0.05, 0.1) is 12.0 Å². The molecule has 4 nitrogen and oxygen atoms in total. The summed E-state index contributed by atoms with van der Waals surface area (Å²) in [4.78, 5) is 12.5. The fourth-order valence-electron chi connectivity index (χ4n) is 2.68. The van der Waals surface area contributed by atoms with Gasteiger partial charge >= 0.3 is 0 Å². The van der Waals surface area contributed by atoms with E-state index in [1.807, 2.05) is 47.8 Å². The van der Waals surface area contributed by atoms with Crippen LogP contribution in [-0.4, -0.2) is 11.9 Å². The van der Waals surface area contributed by atoms with Gasteiger partial charge in [-0.15, -0.1) is 0 Å². The summed E-state index contributed by atoms with van der Waals surface area (Å²) >= 11 is 0. The first kappa shape index (κ1) is 16.9. The zero-order valence-corrected chi connectivity index (χ0v) is 13.9. The molecular weight excluding hydrogens is 319 g/mol. The van der Waals surface area contributed by atoms with Gasteiger partial charge in [-0.2, -0.15) is 0 Å². The summed E-state index contributed by atoms with van der Waals surface area (Å²) in [5.41, 5.74) is 1.21. The van der Waals surface area contributed by atoms with Crippen molar-refractivity contribution in [2.24, 2.45) is 0 Å². The summed E-state index contributed by atoms with van der Waals surface area (Å²) in [6, 6.07) is 19.1. The van der Waals surface area contributed by atoms with E-state index in [0.717, 1.165) is 11.3 Å². The Morgan fingerprint density at radius 1 is 1.04 bits per heavy atom. The standard InChI is InChI=1S/C20H19FN2O2/c1-14(20(24)23-17-11-6-5-10-16(17)21)22-19(18-12-7-13-25-18)15-8-3-2-4-9-15/h2-14,19,22H,1H3,(H,23,24)/p+1/t14-,19-/m0/s1. The zero-order valence-electron chi connectivity index (χ0n) is 13.9. The molecule has 2 aromatic carbocycles. The average Bonchev–Trinajstić information content (AvgIpc) is 3.16. The van der Waals surface area contributed by atoms with Crippen molar-refractivity contribution in [3.63, 3.8) is 0 Å². The Hall–Kier alpha value is -2.92. The Labute approximate surface area is 145 Å². The number of quaternary nitrogens is 1. The molecule has 0 fully saturated rings. The molecule has 0 aliphatic rings. The molecule has 3 aromatic rings. The Balaban J connectivity index is 1.75. The van der Waals surface area contributed by atoms with E-state index in [0.29, 0.717) is 0 Å². The van der Waals surface area contributed by atoms with E-state index in [1.165, 1.54) is 6.07 Å². The molecule has 0 bridgehead atoms. The first-order chi connectivity index (χ1) is 12.1. The number of nitrogens with one attached hydrogen (secondary N) is 1. The number of carbonyl (C=O) groups is 1. The molecule has 3 rings (SSSR count). The molecule has 0 spiro atoms. The second-order valence-electron chi connectivity index (χ2n) is 5.85. The molecule has 0 saturated carbocycles. The minimum absolute atomic E-state index is 0.155. The molecule has 25 heavy (non-hydrogen) atoms. The molecule has 1 aromatic heterocycles. The molecular formula is C20H20FN2O2+. The summed E-state index contributed by atoms with van der Waals surface area (Å²) < 4.78 is 19.3. The zero-order chi connectivity index (χ0) is 17.6. The summed E-state index contributed by atoms with van der Waals surface area (Å²) in [7, 11) is 0. The normalized spacial score (nSPS) is 13.2. The van der Waals surface area contributed by atoms with Crippen LogP contribution in [0.4, 0.5) is 10.1 Å². The lowest BCUT2D eigenvalue weighted by Gasteiger charge is -2.19. The van der Waals surface area contributed by atoms with Gasteiger partial charge in [0.2, 0.25) is 0 Å². The third-order valence-electron chi connectivity index (χ3n) is 4.03. The fourth-order valence-corrected chi connectivity index (χ4v) is 2.68. The van der Waals surface area contributed by atoms with Crippen LogP contribution in [0.15, 0.2) is 77.4 Å². The lowest BCUT2D eigenvalue weighted by Crippen LogP contribution is -2.92. The Kier molecular flexibility index (Phi) is 5.26. The van der Waals surface area contributed by atoms with Crippen LogP contribution < -0.4 is 10.6 Å². The van der Waals surface area contributed by atoms with Crippen molar-refractivity contribution in [2.45, 2.75) is 19.0 Å². The third kappa shape index (κ3) is 4.14. The van der Waals surface area contributed by atoms with E-state index in [9.17, 15) is 9.18 Å². The Morgan fingerprint density at radius 2 is 1.76 bits per heavy atom. The average molecular weight is 339 g/mol. The number of hydrogen-bond donors (Lipinski definition) is 2. The van der Waals surface area contributed by atoms with Gasteiger partial charge in [0.1, 0.15) is 5.82 Å². The summed E-state index contributed by atoms with van der Waals surface area (Å²) in [6.45, 7) is 1.79. The second kappa shape index (κ2) is 7.77. The number of hydrogen-bond acceptors (Lipinski definition) is 2. The van der Waals surface area contributed by atoms with Crippen LogP contribution in [0, 0.1) is 5.82 Å². The number of benzene rings is 2. The predicted molar refractivity (Wildman–Crippen MR) is 93.4 cm³/mol. The molecule has 1 amide bonds. The lowest BCUT2D eigenvalue weighted by molar-refractivity contribution is -0.706. The van der Waals surface area contributed by atoms with Crippen molar-refractivity contribution in [3.8, 4) is 0 Å². The van der Waals surface area contributed by atoms with Crippen molar-refractivity contribution in [1.29, 1.82) is 0 Å². The fraction of sp³-hybridized carbons (Fsp3) is 0.150. The largest absolute Gasteiger partial charge is 0.463 e. The van der Waals surface area contributed by atoms with Gasteiger partial charge in [0.15, 0.2) is 17.8 Å². The van der Waals surface area contributed by atoms with Gasteiger partial charge in [0.25, 0.3) is 5.91 Å². The Bertz CT molecular complexity index is 819. The highest BCUT2D eigenvalue weighted by Gasteiger charge is 2.27. The van der Waals surface area contributed by atoms with Crippen molar-refractivity contribution in [2.75, 3.05) is 5.32 Å². The lowest BCUT2D eigenvalue weighted by atomic mass is 10.0. The smallest absolute Gasteiger partial charge is 0.282 e. The van der Waals surface area contributed by atoms with Crippen molar-refractivity contribution in [1.82, 2.24) is 0 Å². The number of rotatable bonds is 6. The maximum absolute atomic E-state index is 13.7. The number of nitrogens with two attached hydrogens (primary N) is 1. The minimum atomic E-state index is -0.450. The summed E-state index contributed by atoms with van der Waals surface area (Å²) in [5.74, 6) is 0.0445. The molecule has 5 heteroatoms. The van der Waals surface area contributed by atoms with Gasteiger partial charge in [0, 0.05) is 5.56 Å². The number of para-hydroxylation sites is 1. The first-order valence-electron chi connectivity index (χ1n) is 8.14. The van der Waals surface area contributed by atoms with E-state index in [4.69, 9.17) is 4.42 Å². The molecule has 0 unspecified atom stereocenters. The molecule has 0 saturated heterocycles. The quantitative estimate of drug-likeness (QED) is 0.725. The molecule has 3 N–H and O–H groups in total. The van der Waals surface area contributed by atoms with Crippen LogP contribution >= 0.6 is 0 Å². The highest BCUT2D eigenvalue weighted by atomic mass is 19.1. The van der Waals surface area contributed by atoms with Crippen molar-refractivity contribution >= 4 is 11.6 Å². The number of halogens is 1. The van der Waals surface area contributed by atoms with Crippen molar-refractivity contribution < 1.29 is 18.9 Å². The van der Waals surface area contributed by atoms with Gasteiger partial charge in [-0.25, -0.2) is 4.39 Å². The number of carbonyl (C=O) groups excluding carboxylic acids is 1. The number of anilines is 1. The minimum Gasteiger partial charge on any atom is -0.463 e. The maximum Gasteiger partial charge on any atom is 0.282 e. The third-order valence-corrected chi connectivity index (χ3v) is 4.03. The maximum atomic E-state index is 13.7. The van der Waals surface area contributed by atoms with E-state index >= 15 is 0 Å². The molecule has 0 aliphatic carbocycles. The van der Waals surface area contributed by atoms with Gasteiger partial charge < -0.3 is 15.1 Å². The predicted octanol–water partition coefficient (Wildman–Crippen LogP) is 3.10. The van der Waals surface area contributed by atoms with E-state index < -0.39 is 11.9 Å². The topological polar surface area (TPSA) is 58.9 Å². The van der Waals surface area contributed by atoms with Gasteiger partial charge in [-0.3, -0.25) is 4.79 Å². The van der Waals surface area contributed by atoms with Crippen LogP contribution in [0.1, 0.15) is 24.3 Å². The summed E-state index contributed by atoms with van der Waals surface area (Å²) in [6.07, 6.45) is 1.61. The molecule has 0 aliphatic heterocycles. The first-order valence-corrected chi connectivity index (χ1v) is 8.14. The van der Waals surface area contributed by atoms with Crippen LogP contribution in [0.2, 0.25) is 0 Å². The molecule has 2 atom stereocenters. The Morgan fingerprint density at radius 3 is 2.44 bits per heavy atom. The van der Waals surface area contributed by atoms with E-state index in [1.54, 1.807) is 31.4 Å². The van der Waals surface area contributed by atoms with Crippen LogP contribution in [0.3, 0.4) is 0 Å². The monoisotopic (exact) mass is 339 g/mol. The molecule has 1 heterocycles. The number of amides is 1. The van der Waals surface area contributed by atoms with Crippen molar-refractivity contribution in [3.05, 3.63) is 90.1 Å². The second-order valence-corrected chi connectivity index (χ2v) is 5.85. The van der Waals surface area contributed by atoms with Crippen LogP contribution in [-0.2, 0) is 4.79 Å². The molecule has 0 radical (unpaired) electrons.